The van der Waals surface area contributed by atoms with E-state index in [0.717, 1.165) is 10.9 Å². The predicted octanol–water partition coefficient (Wildman–Crippen LogP) is 4.92. The summed E-state index contributed by atoms with van der Waals surface area (Å²) in [6, 6.07) is 8.53. The third kappa shape index (κ3) is 3.91. The summed E-state index contributed by atoms with van der Waals surface area (Å²) < 4.78 is 7.22. The van der Waals surface area contributed by atoms with Gasteiger partial charge in [0.15, 0.2) is 11.5 Å². The average Bonchev–Trinajstić information content (AvgIpc) is 2.69. The number of hydrogen-bond donors (Lipinski definition) is 1. The van der Waals surface area contributed by atoms with Crippen molar-refractivity contribution in [1.82, 2.24) is 9.66 Å². The van der Waals surface area contributed by atoms with Crippen molar-refractivity contribution in [3.63, 3.8) is 0 Å². The number of aromatic nitrogens is 2. The van der Waals surface area contributed by atoms with E-state index in [4.69, 9.17) is 16.3 Å². The van der Waals surface area contributed by atoms with Crippen molar-refractivity contribution < 1.29 is 9.84 Å². The van der Waals surface area contributed by atoms with Crippen LogP contribution in [0, 0.1) is 0 Å². The molecule has 2 aromatic carbocycles. The molecule has 0 radical (unpaired) electrons. The molecule has 0 amide bonds. The molecule has 0 spiro atoms. The molecule has 8 heteroatoms. The smallest absolute Gasteiger partial charge is 0.282 e. The summed E-state index contributed by atoms with van der Waals surface area (Å²) in [7, 11) is 1.43. The SMILES string of the molecule is CC[C@@H](C)c1nc2ccc(Br)cc2c(=O)n1N=Cc1cc(Cl)c(O)c(OC)c1. The Morgan fingerprint density at radius 3 is 2.82 bits per heavy atom. The molecule has 0 saturated carbocycles. The van der Waals surface area contributed by atoms with Crippen LogP contribution < -0.4 is 10.3 Å². The Kier molecular flexibility index (Phi) is 6.05. The number of halogens is 2. The zero-order chi connectivity index (χ0) is 20.4. The van der Waals surface area contributed by atoms with Crippen LogP contribution in [0.1, 0.15) is 37.6 Å². The fourth-order valence-corrected chi connectivity index (χ4v) is 3.31. The Morgan fingerprint density at radius 2 is 2.14 bits per heavy atom. The summed E-state index contributed by atoms with van der Waals surface area (Å²) in [6.45, 7) is 4.03. The monoisotopic (exact) mass is 463 g/mol. The van der Waals surface area contributed by atoms with E-state index in [-0.39, 0.29) is 28.0 Å². The van der Waals surface area contributed by atoms with Crippen molar-refractivity contribution in [2.75, 3.05) is 7.11 Å². The van der Waals surface area contributed by atoms with Gasteiger partial charge in [0, 0.05) is 10.4 Å². The van der Waals surface area contributed by atoms with Gasteiger partial charge < -0.3 is 9.84 Å². The van der Waals surface area contributed by atoms with Gasteiger partial charge in [0.2, 0.25) is 0 Å². The van der Waals surface area contributed by atoms with Crippen molar-refractivity contribution >= 4 is 44.6 Å². The number of fused-ring (bicyclic) bond motifs is 1. The lowest BCUT2D eigenvalue weighted by molar-refractivity contribution is 0.373. The Labute approximate surface area is 175 Å². The van der Waals surface area contributed by atoms with Gasteiger partial charge in [0.05, 0.1) is 29.2 Å². The lowest BCUT2D eigenvalue weighted by Crippen LogP contribution is -2.23. The zero-order valence-electron chi connectivity index (χ0n) is 15.6. The fraction of sp³-hybridized carbons (Fsp3) is 0.250. The van der Waals surface area contributed by atoms with Crippen LogP contribution in [0.15, 0.2) is 44.7 Å². The van der Waals surface area contributed by atoms with E-state index < -0.39 is 0 Å². The normalized spacial score (nSPS) is 12.6. The van der Waals surface area contributed by atoms with Crippen molar-refractivity contribution in [3.05, 3.63) is 61.6 Å². The molecule has 1 N–H and O–H groups in total. The minimum atomic E-state index is -0.255. The van der Waals surface area contributed by atoms with Gasteiger partial charge in [0.1, 0.15) is 5.82 Å². The molecule has 0 aliphatic carbocycles. The zero-order valence-corrected chi connectivity index (χ0v) is 18.0. The highest BCUT2D eigenvalue weighted by molar-refractivity contribution is 9.10. The first-order chi connectivity index (χ1) is 13.3. The van der Waals surface area contributed by atoms with Crippen molar-refractivity contribution in [2.24, 2.45) is 5.10 Å². The van der Waals surface area contributed by atoms with E-state index in [2.05, 4.69) is 26.0 Å². The summed E-state index contributed by atoms with van der Waals surface area (Å²) >= 11 is 9.42. The number of aromatic hydroxyl groups is 1. The first-order valence-electron chi connectivity index (χ1n) is 8.68. The summed E-state index contributed by atoms with van der Waals surface area (Å²) in [4.78, 5) is 17.7. The Bertz CT molecular complexity index is 1130. The second-order valence-corrected chi connectivity index (χ2v) is 7.68. The van der Waals surface area contributed by atoms with E-state index in [1.165, 1.54) is 18.0 Å². The van der Waals surface area contributed by atoms with Crippen LogP contribution in [0.2, 0.25) is 5.02 Å². The molecule has 1 aromatic heterocycles. The molecule has 3 aromatic rings. The van der Waals surface area contributed by atoms with Gasteiger partial charge in [-0.1, -0.05) is 41.4 Å². The average molecular weight is 465 g/mol. The Hall–Kier alpha value is -2.38. The Morgan fingerprint density at radius 1 is 1.39 bits per heavy atom. The van der Waals surface area contributed by atoms with Gasteiger partial charge in [-0.3, -0.25) is 4.79 Å². The molecule has 146 valence electrons. The molecule has 0 unspecified atom stereocenters. The molecular weight excluding hydrogens is 446 g/mol. The van der Waals surface area contributed by atoms with Crippen LogP contribution in [-0.2, 0) is 0 Å². The van der Waals surface area contributed by atoms with Crippen LogP contribution in [0.5, 0.6) is 11.5 Å². The van der Waals surface area contributed by atoms with Gasteiger partial charge >= 0.3 is 0 Å². The van der Waals surface area contributed by atoms with E-state index >= 15 is 0 Å². The largest absolute Gasteiger partial charge is 0.503 e. The number of methoxy groups -OCH3 is 1. The maximum atomic E-state index is 13.1. The summed E-state index contributed by atoms with van der Waals surface area (Å²) in [5, 5.41) is 14.9. The predicted molar refractivity (Wildman–Crippen MR) is 115 cm³/mol. The molecule has 3 rings (SSSR count). The van der Waals surface area contributed by atoms with Crippen LogP contribution >= 0.6 is 27.5 Å². The maximum absolute atomic E-state index is 13.1. The second kappa shape index (κ2) is 8.32. The van der Waals surface area contributed by atoms with Gasteiger partial charge in [-0.15, -0.1) is 0 Å². The van der Waals surface area contributed by atoms with Gasteiger partial charge in [0.25, 0.3) is 5.56 Å². The standard InChI is InChI=1S/C20H19BrClN3O3/c1-4-11(2)19-24-16-6-5-13(21)9-14(16)20(27)25(19)23-10-12-7-15(22)18(26)17(8-12)28-3/h5-11,26H,4H2,1-3H3/t11-/m1/s1. The lowest BCUT2D eigenvalue weighted by Gasteiger charge is -2.14. The van der Waals surface area contributed by atoms with Crippen molar-refractivity contribution in [3.8, 4) is 11.5 Å². The quantitative estimate of drug-likeness (QED) is 0.544. The number of phenolic OH excluding ortho intramolecular Hbond substituents is 1. The summed E-state index contributed by atoms with van der Waals surface area (Å²) in [5.74, 6) is 0.700. The lowest BCUT2D eigenvalue weighted by atomic mass is 10.1. The van der Waals surface area contributed by atoms with Crippen LogP contribution in [0.4, 0.5) is 0 Å². The highest BCUT2D eigenvalue weighted by Gasteiger charge is 2.16. The summed E-state index contributed by atoms with van der Waals surface area (Å²) in [5.41, 5.74) is 0.954. The second-order valence-electron chi connectivity index (χ2n) is 6.36. The molecule has 6 nitrogen and oxygen atoms in total. The van der Waals surface area contributed by atoms with Gasteiger partial charge in [-0.25, -0.2) is 4.98 Å². The third-order valence-electron chi connectivity index (χ3n) is 4.48. The van der Waals surface area contributed by atoms with E-state index in [1.54, 1.807) is 18.2 Å². The van der Waals surface area contributed by atoms with E-state index in [0.29, 0.717) is 22.3 Å². The molecular formula is C20H19BrClN3O3. The summed E-state index contributed by atoms with van der Waals surface area (Å²) in [6.07, 6.45) is 2.30. The van der Waals surface area contributed by atoms with E-state index in [9.17, 15) is 9.90 Å². The van der Waals surface area contributed by atoms with Crippen molar-refractivity contribution in [2.45, 2.75) is 26.2 Å². The highest BCUT2D eigenvalue weighted by Crippen LogP contribution is 2.34. The number of rotatable bonds is 5. The molecule has 28 heavy (non-hydrogen) atoms. The third-order valence-corrected chi connectivity index (χ3v) is 5.26. The number of ether oxygens (including phenoxy) is 1. The first-order valence-corrected chi connectivity index (χ1v) is 9.85. The van der Waals surface area contributed by atoms with Crippen LogP contribution in [0.3, 0.4) is 0 Å². The minimum Gasteiger partial charge on any atom is -0.503 e. The number of benzene rings is 2. The number of hydrogen-bond acceptors (Lipinski definition) is 5. The number of phenols is 1. The maximum Gasteiger partial charge on any atom is 0.282 e. The molecule has 0 aliphatic rings. The molecule has 0 bridgehead atoms. The molecule has 0 aliphatic heterocycles. The number of nitrogens with zero attached hydrogens (tertiary/aromatic N) is 3. The topological polar surface area (TPSA) is 76.7 Å². The Balaban J connectivity index is 2.19. The minimum absolute atomic E-state index is 0.0378. The van der Waals surface area contributed by atoms with Gasteiger partial charge in [-0.05, 0) is 42.3 Å². The molecule has 0 fully saturated rings. The molecule has 0 saturated heterocycles. The fourth-order valence-electron chi connectivity index (χ4n) is 2.73. The van der Waals surface area contributed by atoms with Gasteiger partial charge in [-0.2, -0.15) is 9.78 Å². The first kappa shape index (κ1) is 20.4. The highest BCUT2D eigenvalue weighted by atomic mass is 79.9. The van der Waals surface area contributed by atoms with Crippen molar-refractivity contribution in [1.29, 1.82) is 0 Å². The van der Waals surface area contributed by atoms with Crippen LogP contribution in [0.25, 0.3) is 10.9 Å². The molecule has 1 heterocycles. The van der Waals surface area contributed by atoms with Crippen LogP contribution in [-0.4, -0.2) is 28.1 Å². The molecule has 1 atom stereocenters. The van der Waals surface area contributed by atoms with E-state index in [1.807, 2.05) is 26.0 Å².